The third-order valence-electron chi connectivity index (χ3n) is 2.48. The van der Waals surface area contributed by atoms with Crippen LogP contribution in [-0.2, 0) is 12.7 Å². The van der Waals surface area contributed by atoms with Crippen molar-refractivity contribution in [2.75, 3.05) is 5.32 Å². The summed E-state index contributed by atoms with van der Waals surface area (Å²) in [6.45, 7) is 0.297. The predicted octanol–water partition coefficient (Wildman–Crippen LogP) is 5.02. The maximum Gasteiger partial charge on any atom is 0.416 e. The van der Waals surface area contributed by atoms with E-state index in [1.54, 1.807) is 24.3 Å². The monoisotopic (exact) mass is 320 g/mol. The molecular weight excluding hydrogens is 312 g/mol. The average molecular weight is 321 g/mol. The Kier molecular flexibility index (Phi) is 4.40. The summed E-state index contributed by atoms with van der Waals surface area (Å²) in [7, 11) is 0. The van der Waals surface area contributed by atoms with E-state index in [2.05, 4.69) is 10.3 Å². The van der Waals surface area contributed by atoms with Gasteiger partial charge in [-0.15, -0.1) is 0 Å². The quantitative estimate of drug-likeness (QED) is 0.803. The lowest BCUT2D eigenvalue weighted by Gasteiger charge is -2.11. The van der Waals surface area contributed by atoms with Gasteiger partial charge in [0.15, 0.2) is 0 Å². The Morgan fingerprint density at radius 2 is 1.85 bits per heavy atom. The normalized spacial score (nSPS) is 11.4. The van der Waals surface area contributed by atoms with Crippen LogP contribution < -0.4 is 5.32 Å². The average Bonchev–Trinajstić information content (AvgIpc) is 2.35. The highest BCUT2D eigenvalue weighted by atomic mass is 35.5. The Hall–Kier alpha value is -1.46. The van der Waals surface area contributed by atoms with Gasteiger partial charge in [-0.25, -0.2) is 4.98 Å². The number of aromatic nitrogens is 1. The Morgan fingerprint density at radius 3 is 2.50 bits per heavy atom. The van der Waals surface area contributed by atoms with E-state index in [9.17, 15) is 13.2 Å². The molecule has 0 radical (unpaired) electrons. The van der Waals surface area contributed by atoms with Gasteiger partial charge in [0.1, 0.15) is 11.0 Å². The van der Waals surface area contributed by atoms with Crippen LogP contribution in [0, 0.1) is 0 Å². The number of anilines is 1. The van der Waals surface area contributed by atoms with Gasteiger partial charge in [0, 0.05) is 11.6 Å². The van der Waals surface area contributed by atoms with Gasteiger partial charge in [-0.3, -0.25) is 0 Å². The van der Waals surface area contributed by atoms with E-state index in [4.69, 9.17) is 23.2 Å². The molecule has 0 bridgehead atoms. The molecule has 0 aliphatic carbocycles. The molecule has 0 aliphatic rings. The van der Waals surface area contributed by atoms with Crippen LogP contribution >= 0.6 is 23.2 Å². The zero-order chi connectivity index (χ0) is 14.8. The SMILES string of the molecule is FC(F)(F)c1cc(Cl)nc(NCc2cccc(Cl)c2)c1. The fraction of sp³-hybridized carbons (Fsp3) is 0.154. The van der Waals surface area contributed by atoms with Crippen molar-refractivity contribution in [2.24, 2.45) is 0 Å². The van der Waals surface area contributed by atoms with Crippen LogP contribution in [0.1, 0.15) is 11.1 Å². The molecule has 106 valence electrons. The molecule has 1 N–H and O–H groups in total. The van der Waals surface area contributed by atoms with Gasteiger partial charge in [0.05, 0.1) is 5.56 Å². The lowest BCUT2D eigenvalue weighted by Crippen LogP contribution is -2.08. The predicted molar refractivity (Wildman–Crippen MR) is 73.0 cm³/mol. The summed E-state index contributed by atoms with van der Waals surface area (Å²) < 4.78 is 37.9. The second-order valence-corrected chi connectivity index (χ2v) is 4.87. The zero-order valence-electron chi connectivity index (χ0n) is 10.0. The Morgan fingerprint density at radius 1 is 1.10 bits per heavy atom. The molecule has 20 heavy (non-hydrogen) atoms. The molecule has 2 aromatic rings. The summed E-state index contributed by atoms with van der Waals surface area (Å²) in [5.41, 5.74) is -0.0149. The van der Waals surface area contributed by atoms with E-state index in [0.29, 0.717) is 11.6 Å². The minimum absolute atomic E-state index is 0.0600. The lowest BCUT2D eigenvalue weighted by atomic mass is 10.2. The lowest BCUT2D eigenvalue weighted by molar-refractivity contribution is -0.137. The van der Waals surface area contributed by atoms with Crippen molar-refractivity contribution in [3.8, 4) is 0 Å². The smallest absolute Gasteiger partial charge is 0.366 e. The van der Waals surface area contributed by atoms with Gasteiger partial charge in [0.25, 0.3) is 0 Å². The second-order valence-electron chi connectivity index (χ2n) is 4.05. The second kappa shape index (κ2) is 5.89. The van der Waals surface area contributed by atoms with Crippen molar-refractivity contribution < 1.29 is 13.2 Å². The molecule has 1 heterocycles. The first kappa shape index (κ1) is 14.9. The molecule has 2 nitrogen and oxygen atoms in total. The molecule has 0 unspecified atom stereocenters. The number of nitrogens with zero attached hydrogens (tertiary/aromatic N) is 1. The third-order valence-corrected chi connectivity index (χ3v) is 2.91. The van der Waals surface area contributed by atoms with Crippen LogP contribution in [-0.4, -0.2) is 4.98 Å². The highest BCUT2D eigenvalue weighted by Gasteiger charge is 2.31. The fourth-order valence-electron chi connectivity index (χ4n) is 1.59. The van der Waals surface area contributed by atoms with E-state index < -0.39 is 11.7 Å². The summed E-state index contributed by atoms with van der Waals surface area (Å²) in [5, 5.41) is 3.13. The van der Waals surface area contributed by atoms with Crippen molar-refractivity contribution in [1.29, 1.82) is 0 Å². The van der Waals surface area contributed by atoms with Gasteiger partial charge >= 0.3 is 6.18 Å². The summed E-state index contributed by atoms with van der Waals surface area (Å²) in [6.07, 6.45) is -4.46. The van der Waals surface area contributed by atoms with Crippen LogP contribution in [0.25, 0.3) is 0 Å². The molecule has 0 spiro atoms. The summed E-state index contributed by atoms with van der Waals surface area (Å²) in [5.74, 6) is 0.0600. The highest BCUT2D eigenvalue weighted by Crippen LogP contribution is 2.32. The number of halogens is 5. The van der Waals surface area contributed by atoms with Crippen molar-refractivity contribution in [3.05, 3.63) is 57.7 Å². The number of hydrogen-bond acceptors (Lipinski definition) is 2. The topological polar surface area (TPSA) is 24.9 Å². The fourth-order valence-corrected chi connectivity index (χ4v) is 2.01. The van der Waals surface area contributed by atoms with Crippen LogP contribution in [0.4, 0.5) is 19.0 Å². The number of rotatable bonds is 3. The molecule has 0 saturated carbocycles. The van der Waals surface area contributed by atoms with E-state index >= 15 is 0 Å². The Bertz CT molecular complexity index is 615. The van der Waals surface area contributed by atoms with Crippen LogP contribution in [0.15, 0.2) is 36.4 Å². The standard InChI is InChI=1S/C13H9Cl2F3N2/c14-10-3-1-2-8(4-10)7-19-12-6-9(13(16,17)18)5-11(15)20-12/h1-6H,7H2,(H,19,20). The van der Waals surface area contributed by atoms with E-state index in [1.807, 2.05) is 0 Å². The molecule has 0 amide bonds. The van der Waals surface area contributed by atoms with Crippen molar-refractivity contribution in [3.63, 3.8) is 0 Å². The first-order chi connectivity index (χ1) is 9.34. The van der Waals surface area contributed by atoms with Gasteiger partial charge in [-0.05, 0) is 29.8 Å². The number of alkyl halides is 3. The van der Waals surface area contributed by atoms with E-state index in [-0.39, 0.29) is 11.0 Å². The minimum Gasteiger partial charge on any atom is -0.366 e. The summed E-state index contributed by atoms with van der Waals surface area (Å²) in [4.78, 5) is 3.81. The van der Waals surface area contributed by atoms with Crippen LogP contribution in [0.2, 0.25) is 10.2 Å². The first-order valence-electron chi connectivity index (χ1n) is 5.58. The number of nitrogens with one attached hydrogen (secondary N) is 1. The molecule has 0 atom stereocenters. The van der Waals surface area contributed by atoms with Gasteiger partial charge < -0.3 is 5.32 Å². The molecule has 1 aromatic heterocycles. The molecule has 1 aromatic carbocycles. The molecule has 0 saturated heterocycles. The van der Waals surface area contributed by atoms with E-state index in [1.165, 1.54) is 0 Å². The van der Waals surface area contributed by atoms with Crippen LogP contribution in [0.3, 0.4) is 0 Å². The van der Waals surface area contributed by atoms with Crippen molar-refractivity contribution in [1.82, 2.24) is 4.98 Å². The number of pyridine rings is 1. The van der Waals surface area contributed by atoms with Crippen LogP contribution in [0.5, 0.6) is 0 Å². The summed E-state index contributed by atoms with van der Waals surface area (Å²) in [6, 6.07) is 8.68. The third kappa shape index (κ3) is 4.02. The molecule has 0 aliphatic heterocycles. The highest BCUT2D eigenvalue weighted by molar-refractivity contribution is 6.30. The van der Waals surface area contributed by atoms with Gasteiger partial charge in [0.2, 0.25) is 0 Å². The molecule has 7 heteroatoms. The number of hydrogen-bond donors (Lipinski definition) is 1. The molecular formula is C13H9Cl2F3N2. The van der Waals surface area contributed by atoms with Gasteiger partial charge in [-0.1, -0.05) is 35.3 Å². The molecule has 2 rings (SSSR count). The summed E-state index contributed by atoms with van der Waals surface area (Å²) >= 11 is 11.4. The van der Waals surface area contributed by atoms with Crippen molar-refractivity contribution >= 4 is 29.0 Å². The largest absolute Gasteiger partial charge is 0.416 e. The maximum absolute atomic E-state index is 12.6. The Balaban J connectivity index is 2.16. The number of benzene rings is 1. The minimum atomic E-state index is -4.46. The van der Waals surface area contributed by atoms with Gasteiger partial charge in [-0.2, -0.15) is 13.2 Å². The zero-order valence-corrected chi connectivity index (χ0v) is 11.5. The Labute approximate surface area is 123 Å². The first-order valence-corrected chi connectivity index (χ1v) is 6.33. The van der Waals surface area contributed by atoms with Crippen molar-refractivity contribution in [2.45, 2.75) is 12.7 Å². The van der Waals surface area contributed by atoms with E-state index in [0.717, 1.165) is 17.7 Å². The molecule has 0 fully saturated rings. The maximum atomic E-state index is 12.6.